The second-order valence-corrected chi connectivity index (χ2v) is 6.68. The Hall–Kier alpha value is -2.08. The molecule has 0 aliphatic carbocycles. The second kappa shape index (κ2) is 8.53. The lowest BCUT2D eigenvalue weighted by atomic mass is 10.2. The number of aryl methyl sites for hydroxylation is 2. The minimum atomic E-state index is 0.0387. The van der Waals surface area contributed by atoms with E-state index in [0.29, 0.717) is 13.1 Å². The Bertz CT molecular complexity index is 654. The molecular weight excluding hydrogens is 308 g/mol. The molecule has 2 N–H and O–H groups in total. The van der Waals surface area contributed by atoms with Crippen LogP contribution < -0.4 is 15.4 Å². The maximum absolute atomic E-state index is 5.95. The van der Waals surface area contributed by atoms with E-state index in [9.17, 15) is 0 Å². The minimum Gasteiger partial charge on any atom is -0.489 e. The van der Waals surface area contributed by atoms with Crippen molar-refractivity contribution in [3.05, 3.63) is 45.9 Å². The normalized spacial score (nSPS) is 12.8. The fourth-order valence-corrected chi connectivity index (χ4v) is 2.78. The number of aromatic nitrogens is 1. The zero-order chi connectivity index (χ0) is 16.7. The first-order valence-electron chi connectivity index (χ1n) is 7.66. The van der Waals surface area contributed by atoms with Crippen molar-refractivity contribution in [1.82, 2.24) is 15.6 Å². The summed E-state index contributed by atoms with van der Waals surface area (Å²) in [6, 6.07) is 8.03. The van der Waals surface area contributed by atoms with Crippen LogP contribution in [0.1, 0.15) is 22.4 Å². The van der Waals surface area contributed by atoms with Crippen molar-refractivity contribution in [1.29, 1.82) is 0 Å². The van der Waals surface area contributed by atoms with Gasteiger partial charge in [-0.15, -0.1) is 11.3 Å². The fraction of sp³-hybridized carbons (Fsp3) is 0.412. The number of rotatable bonds is 6. The number of guanidine groups is 1. The lowest BCUT2D eigenvalue weighted by Gasteiger charge is -2.18. The highest BCUT2D eigenvalue weighted by atomic mass is 32.1. The van der Waals surface area contributed by atoms with Crippen LogP contribution in [0.25, 0.3) is 0 Å². The van der Waals surface area contributed by atoms with Crippen molar-refractivity contribution in [3.8, 4) is 5.75 Å². The summed E-state index contributed by atoms with van der Waals surface area (Å²) >= 11 is 1.69. The highest BCUT2D eigenvalue weighted by Gasteiger charge is 2.07. The molecule has 0 spiro atoms. The van der Waals surface area contributed by atoms with Crippen LogP contribution in [0.2, 0.25) is 0 Å². The third-order valence-corrected chi connectivity index (χ3v) is 4.19. The second-order valence-electron chi connectivity index (χ2n) is 5.37. The minimum absolute atomic E-state index is 0.0387. The van der Waals surface area contributed by atoms with Gasteiger partial charge in [0.25, 0.3) is 0 Å². The van der Waals surface area contributed by atoms with Crippen LogP contribution >= 0.6 is 11.3 Å². The van der Waals surface area contributed by atoms with Gasteiger partial charge in [-0.2, -0.15) is 0 Å². The first-order chi connectivity index (χ1) is 11.1. The van der Waals surface area contributed by atoms with Gasteiger partial charge in [0.05, 0.1) is 13.1 Å². The molecule has 1 unspecified atom stereocenters. The van der Waals surface area contributed by atoms with E-state index in [-0.39, 0.29) is 6.10 Å². The predicted molar refractivity (Wildman–Crippen MR) is 96.3 cm³/mol. The Morgan fingerprint density at radius 3 is 2.74 bits per heavy atom. The Kier molecular flexibility index (Phi) is 6.40. The van der Waals surface area contributed by atoms with Gasteiger partial charge in [0.1, 0.15) is 16.9 Å². The monoisotopic (exact) mass is 332 g/mol. The fourth-order valence-electron chi connectivity index (χ4n) is 2.05. The first kappa shape index (κ1) is 17.3. The molecule has 5 nitrogen and oxygen atoms in total. The van der Waals surface area contributed by atoms with E-state index in [1.165, 1.54) is 4.88 Å². The Labute approximate surface area is 141 Å². The van der Waals surface area contributed by atoms with Gasteiger partial charge in [-0.25, -0.2) is 4.98 Å². The summed E-state index contributed by atoms with van der Waals surface area (Å²) in [6.07, 6.45) is 1.92. The van der Waals surface area contributed by atoms with Crippen molar-refractivity contribution < 1.29 is 4.74 Å². The van der Waals surface area contributed by atoms with E-state index in [0.717, 1.165) is 22.3 Å². The Morgan fingerprint density at radius 2 is 2.09 bits per heavy atom. The summed E-state index contributed by atoms with van der Waals surface area (Å²) in [7, 11) is 1.76. The quantitative estimate of drug-likeness (QED) is 0.631. The van der Waals surface area contributed by atoms with Crippen LogP contribution in [0.5, 0.6) is 5.75 Å². The van der Waals surface area contributed by atoms with E-state index in [2.05, 4.69) is 27.5 Å². The summed E-state index contributed by atoms with van der Waals surface area (Å²) in [5.41, 5.74) is 1.14. The summed E-state index contributed by atoms with van der Waals surface area (Å²) in [5.74, 6) is 1.67. The standard InChI is InChI=1S/C17H24N4OS/c1-12-7-5-6-8-15(12)22-13(2)9-20-17(18-4)21-11-16-19-10-14(3)23-16/h5-8,10,13H,9,11H2,1-4H3,(H2,18,20,21). The number of ether oxygens (including phenoxy) is 1. The van der Waals surface area contributed by atoms with Crippen LogP contribution in [0, 0.1) is 13.8 Å². The molecule has 0 saturated carbocycles. The molecule has 1 heterocycles. The van der Waals surface area contributed by atoms with Crippen molar-refractivity contribution in [3.63, 3.8) is 0 Å². The molecule has 0 amide bonds. The number of nitrogens with one attached hydrogen (secondary N) is 2. The number of hydrogen-bond acceptors (Lipinski definition) is 4. The number of nitrogens with zero attached hydrogens (tertiary/aromatic N) is 2. The number of thiazole rings is 1. The van der Waals surface area contributed by atoms with Gasteiger partial charge in [0.15, 0.2) is 5.96 Å². The predicted octanol–water partition coefficient (Wildman–Crippen LogP) is 2.89. The van der Waals surface area contributed by atoms with Gasteiger partial charge in [-0.3, -0.25) is 4.99 Å². The molecule has 1 aromatic heterocycles. The molecule has 1 aromatic carbocycles. The number of hydrogen-bond donors (Lipinski definition) is 2. The van der Waals surface area contributed by atoms with Crippen molar-refractivity contribution in [2.45, 2.75) is 33.4 Å². The summed E-state index contributed by atoms with van der Waals surface area (Å²) in [6.45, 7) is 7.48. The van der Waals surface area contributed by atoms with Crippen LogP contribution in [-0.4, -0.2) is 30.6 Å². The molecule has 2 rings (SSSR count). The molecule has 6 heteroatoms. The first-order valence-corrected chi connectivity index (χ1v) is 8.48. The van der Waals surface area contributed by atoms with Crippen molar-refractivity contribution in [2.24, 2.45) is 4.99 Å². The largest absolute Gasteiger partial charge is 0.489 e. The Morgan fingerprint density at radius 1 is 1.30 bits per heavy atom. The van der Waals surface area contributed by atoms with Crippen molar-refractivity contribution >= 4 is 17.3 Å². The molecule has 0 aliphatic rings. The van der Waals surface area contributed by atoms with Gasteiger partial charge >= 0.3 is 0 Å². The molecule has 1 atom stereocenters. The van der Waals surface area contributed by atoms with Gasteiger partial charge < -0.3 is 15.4 Å². The molecule has 0 radical (unpaired) electrons. The number of para-hydroxylation sites is 1. The van der Waals surface area contributed by atoms with Gasteiger partial charge in [0.2, 0.25) is 0 Å². The van der Waals surface area contributed by atoms with Crippen LogP contribution in [-0.2, 0) is 6.54 Å². The highest BCUT2D eigenvalue weighted by molar-refractivity contribution is 7.11. The maximum Gasteiger partial charge on any atom is 0.191 e. The third-order valence-electron chi connectivity index (χ3n) is 3.28. The molecular formula is C17H24N4OS. The summed E-state index contributed by atoms with van der Waals surface area (Å²) < 4.78 is 5.95. The highest BCUT2D eigenvalue weighted by Crippen LogP contribution is 2.17. The smallest absolute Gasteiger partial charge is 0.191 e. The zero-order valence-electron chi connectivity index (χ0n) is 14.1. The number of benzene rings is 1. The van der Waals surface area contributed by atoms with E-state index in [1.54, 1.807) is 18.4 Å². The van der Waals surface area contributed by atoms with Crippen molar-refractivity contribution in [2.75, 3.05) is 13.6 Å². The zero-order valence-corrected chi connectivity index (χ0v) is 14.9. The van der Waals surface area contributed by atoms with Gasteiger partial charge in [-0.05, 0) is 32.4 Å². The average molecular weight is 332 g/mol. The SMILES string of the molecule is CN=C(NCc1ncc(C)s1)NCC(C)Oc1ccccc1C. The van der Waals surface area contributed by atoms with Gasteiger partial charge in [0, 0.05) is 18.1 Å². The lowest BCUT2D eigenvalue weighted by Crippen LogP contribution is -2.41. The van der Waals surface area contributed by atoms with Crippen LogP contribution in [0.4, 0.5) is 0 Å². The number of aliphatic imine (C=N–C) groups is 1. The summed E-state index contributed by atoms with van der Waals surface area (Å²) in [5, 5.41) is 7.59. The van der Waals surface area contributed by atoms with E-state index < -0.39 is 0 Å². The Balaban J connectivity index is 1.77. The molecule has 0 fully saturated rings. The summed E-state index contributed by atoms with van der Waals surface area (Å²) in [4.78, 5) is 9.77. The molecule has 124 valence electrons. The molecule has 0 aliphatic heterocycles. The van der Waals surface area contributed by atoms with Gasteiger partial charge in [-0.1, -0.05) is 18.2 Å². The maximum atomic E-state index is 5.95. The average Bonchev–Trinajstić information content (AvgIpc) is 2.95. The lowest BCUT2D eigenvalue weighted by molar-refractivity contribution is 0.222. The van der Waals surface area contributed by atoms with Crippen LogP contribution in [0.15, 0.2) is 35.5 Å². The third kappa shape index (κ3) is 5.56. The molecule has 23 heavy (non-hydrogen) atoms. The van der Waals surface area contributed by atoms with E-state index in [1.807, 2.05) is 44.3 Å². The van der Waals surface area contributed by atoms with Crippen LogP contribution in [0.3, 0.4) is 0 Å². The molecule has 0 saturated heterocycles. The molecule has 0 bridgehead atoms. The molecule has 2 aromatic rings. The van der Waals surface area contributed by atoms with E-state index >= 15 is 0 Å². The van der Waals surface area contributed by atoms with E-state index in [4.69, 9.17) is 4.74 Å². The topological polar surface area (TPSA) is 58.5 Å².